The van der Waals surface area contributed by atoms with Gasteiger partial charge in [0.2, 0.25) is 0 Å². The van der Waals surface area contributed by atoms with Crippen LogP contribution in [0.2, 0.25) is 0 Å². The van der Waals surface area contributed by atoms with E-state index in [4.69, 9.17) is 0 Å². The van der Waals surface area contributed by atoms with E-state index in [1.54, 1.807) is 6.20 Å². The number of anilines is 2. The molecule has 3 aromatic rings. The molecule has 1 aromatic heterocycles. The number of hydrogen-bond acceptors (Lipinski definition) is 3. The lowest BCUT2D eigenvalue weighted by molar-refractivity contribution is 0.0946. The fourth-order valence-corrected chi connectivity index (χ4v) is 3.19. The summed E-state index contributed by atoms with van der Waals surface area (Å²) in [5, 5.41) is 2.93. The number of nitrogens with one attached hydrogen (secondary N) is 1. The van der Waals surface area contributed by atoms with E-state index < -0.39 is 0 Å². The van der Waals surface area contributed by atoms with Gasteiger partial charge in [-0.25, -0.2) is 0 Å². The highest BCUT2D eigenvalue weighted by Crippen LogP contribution is 2.34. The van der Waals surface area contributed by atoms with Gasteiger partial charge in [-0.3, -0.25) is 9.78 Å². The summed E-state index contributed by atoms with van der Waals surface area (Å²) < 4.78 is 0. The van der Waals surface area contributed by atoms with Crippen molar-refractivity contribution >= 4 is 17.3 Å². The Bertz CT molecular complexity index is 892. The molecule has 25 heavy (non-hydrogen) atoms. The maximum atomic E-state index is 12.4. The number of nitrogens with zero attached hydrogens (tertiary/aromatic N) is 2. The maximum absolute atomic E-state index is 12.4. The first-order chi connectivity index (χ1) is 12.3. The highest BCUT2D eigenvalue weighted by atomic mass is 16.1. The van der Waals surface area contributed by atoms with Crippen molar-refractivity contribution in [2.24, 2.45) is 0 Å². The van der Waals surface area contributed by atoms with Gasteiger partial charge in [-0.1, -0.05) is 48.5 Å². The summed E-state index contributed by atoms with van der Waals surface area (Å²) in [6.07, 6.45) is 2.72. The minimum Gasteiger partial charge on any atom is -0.347 e. The predicted octanol–water partition coefficient (Wildman–Crippen LogP) is 3.71. The zero-order valence-corrected chi connectivity index (χ0v) is 13.9. The molecule has 2 aromatic carbocycles. The van der Waals surface area contributed by atoms with E-state index in [0.717, 1.165) is 24.2 Å². The second-order valence-corrected chi connectivity index (χ2v) is 6.10. The average Bonchev–Trinajstić information content (AvgIpc) is 3.11. The lowest BCUT2D eigenvalue weighted by Crippen LogP contribution is -2.24. The van der Waals surface area contributed by atoms with Gasteiger partial charge < -0.3 is 10.2 Å². The zero-order chi connectivity index (χ0) is 17.1. The Morgan fingerprint density at radius 1 is 1.04 bits per heavy atom. The Morgan fingerprint density at radius 3 is 2.72 bits per heavy atom. The number of pyridine rings is 1. The molecule has 124 valence electrons. The summed E-state index contributed by atoms with van der Waals surface area (Å²) in [7, 11) is 0. The minimum absolute atomic E-state index is 0.154. The maximum Gasteiger partial charge on any atom is 0.270 e. The van der Waals surface area contributed by atoms with Gasteiger partial charge in [0.15, 0.2) is 0 Å². The van der Waals surface area contributed by atoms with Gasteiger partial charge in [-0.15, -0.1) is 0 Å². The largest absolute Gasteiger partial charge is 0.347 e. The quantitative estimate of drug-likeness (QED) is 0.794. The van der Waals surface area contributed by atoms with Crippen molar-refractivity contribution < 1.29 is 4.79 Å². The number of fused-ring (bicyclic) bond motifs is 1. The van der Waals surface area contributed by atoms with Crippen LogP contribution in [0.4, 0.5) is 11.4 Å². The van der Waals surface area contributed by atoms with E-state index in [1.165, 1.54) is 11.3 Å². The van der Waals surface area contributed by atoms with Crippen LogP contribution >= 0.6 is 0 Å². The number of para-hydroxylation sites is 1. The van der Waals surface area contributed by atoms with Gasteiger partial charge in [0.1, 0.15) is 5.69 Å². The van der Waals surface area contributed by atoms with Crippen molar-refractivity contribution in [3.8, 4) is 0 Å². The van der Waals surface area contributed by atoms with Crippen molar-refractivity contribution in [1.29, 1.82) is 0 Å². The van der Waals surface area contributed by atoms with E-state index in [2.05, 4.69) is 33.4 Å². The molecule has 0 bridgehead atoms. The van der Waals surface area contributed by atoms with Crippen molar-refractivity contribution in [2.75, 3.05) is 11.4 Å². The summed E-state index contributed by atoms with van der Waals surface area (Å²) in [5.41, 5.74) is 5.07. The van der Waals surface area contributed by atoms with Crippen molar-refractivity contribution in [3.63, 3.8) is 0 Å². The fraction of sp³-hybridized carbons (Fsp3) is 0.143. The molecule has 1 aliphatic rings. The molecule has 1 aliphatic heterocycles. The molecule has 4 nitrogen and oxygen atoms in total. The third-order valence-corrected chi connectivity index (χ3v) is 4.47. The number of carbonyl (C=O) groups is 1. The number of amides is 1. The van der Waals surface area contributed by atoms with Crippen LogP contribution in [-0.2, 0) is 13.0 Å². The molecule has 1 N–H and O–H groups in total. The van der Waals surface area contributed by atoms with Gasteiger partial charge in [0.25, 0.3) is 5.91 Å². The van der Waals surface area contributed by atoms with Crippen LogP contribution in [0.25, 0.3) is 0 Å². The van der Waals surface area contributed by atoms with E-state index >= 15 is 0 Å². The van der Waals surface area contributed by atoms with Crippen LogP contribution < -0.4 is 10.2 Å². The van der Waals surface area contributed by atoms with E-state index in [0.29, 0.717) is 12.2 Å². The van der Waals surface area contributed by atoms with Crippen molar-refractivity contribution in [1.82, 2.24) is 10.3 Å². The third kappa shape index (κ3) is 3.24. The van der Waals surface area contributed by atoms with Crippen LogP contribution in [0.15, 0.2) is 72.9 Å². The first-order valence-electron chi connectivity index (χ1n) is 8.45. The number of hydrogen-bond donors (Lipinski definition) is 1. The average molecular weight is 329 g/mol. The van der Waals surface area contributed by atoms with Crippen LogP contribution in [0.1, 0.15) is 21.6 Å². The molecule has 0 fully saturated rings. The summed E-state index contributed by atoms with van der Waals surface area (Å²) >= 11 is 0. The Morgan fingerprint density at radius 2 is 1.84 bits per heavy atom. The Kier molecular flexibility index (Phi) is 4.17. The van der Waals surface area contributed by atoms with Crippen molar-refractivity contribution in [2.45, 2.75) is 13.0 Å². The first-order valence-corrected chi connectivity index (χ1v) is 8.45. The third-order valence-electron chi connectivity index (χ3n) is 4.47. The molecule has 0 aliphatic carbocycles. The molecule has 0 atom stereocenters. The monoisotopic (exact) mass is 329 g/mol. The van der Waals surface area contributed by atoms with Gasteiger partial charge >= 0.3 is 0 Å². The SMILES string of the molecule is O=C(NCc1ccccc1)c1cc(N2CCc3ccccc32)ccn1. The smallest absolute Gasteiger partial charge is 0.270 e. The molecule has 1 amide bonds. The lowest BCUT2D eigenvalue weighted by Gasteiger charge is -2.19. The Labute approximate surface area is 147 Å². The number of carbonyl (C=O) groups excluding carboxylic acids is 1. The minimum atomic E-state index is -0.154. The Balaban J connectivity index is 1.51. The van der Waals surface area contributed by atoms with Crippen LogP contribution in [-0.4, -0.2) is 17.4 Å². The molecular formula is C21H19N3O. The predicted molar refractivity (Wildman–Crippen MR) is 99.0 cm³/mol. The van der Waals surface area contributed by atoms with E-state index in [-0.39, 0.29) is 5.91 Å². The molecule has 4 rings (SSSR count). The van der Waals surface area contributed by atoms with Gasteiger partial charge in [-0.05, 0) is 35.7 Å². The van der Waals surface area contributed by atoms with E-state index in [9.17, 15) is 4.79 Å². The number of rotatable bonds is 4. The van der Waals surface area contributed by atoms with Gasteiger partial charge in [0.05, 0.1) is 0 Å². The summed E-state index contributed by atoms with van der Waals surface area (Å²) in [4.78, 5) is 18.9. The highest BCUT2D eigenvalue weighted by Gasteiger charge is 2.20. The zero-order valence-electron chi connectivity index (χ0n) is 13.9. The molecule has 2 heterocycles. The van der Waals surface area contributed by atoms with Gasteiger partial charge in [0, 0.05) is 30.7 Å². The van der Waals surface area contributed by atoms with Gasteiger partial charge in [-0.2, -0.15) is 0 Å². The topological polar surface area (TPSA) is 45.2 Å². The second kappa shape index (κ2) is 6.77. The normalized spacial score (nSPS) is 12.7. The lowest BCUT2D eigenvalue weighted by atomic mass is 10.2. The summed E-state index contributed by atoms with van der Waals surface area (Å²) in [5.74, 6) is -0.154. The van der Waals surface area contributed by atoms with Crippen molar-refractivity contribution in [3.05, 3.63) is 89.7 Å². The molecule has 0 radical (unpaired) electrons. The van der Waals surface area contributed by atoms with Crippen LogP contribution in [0.5, 0.6) is 0 Å². The highest BCUT2D eigenvalue weighted by molar-refractivity contribution is 5.93. The Hall–Kier alpha value is -3.14. The molecule has 0 spiro atoms. The molecule has 0 saturated heterocycles. The number of benzene rings is 2. The molecule has 0 saturated carbocycles. The number of aromatic nitrogens is 1. The first kappa shape index (κ1) is 15.4. The standard InChI is InChI=1S/C21H19N3O/c25-21(23-15-16-6-2-1-3-7-16)19-14-18(10-12-22-19)24-13-11-17-8-4-5-9-20(17)24/h1-10,12,14H,11,13,15H2,(H,23,25). The van der Waals surface area contributed by atoms with Crippen LogP contribution in [0.3, 0.4) is 0 Å². The summed E-state index contributed by atoms with van der Waals surface area (Å²) in [6.45, 7) is 1.42. The van der Waals surface area contributed by atoms with Crippen LogP contribution in [0, 0.1) is 0 Å². The fourth-order valence-electron chi connectivity index (χ4n) is 3.19. The second-order valence-electron chi connectivity index (χ2n) is 6.10. The summed E-state index contributed by atoms with van der Waals surface area (Å²) in [6, 6.07) is 22.1. The molecule has 4 heteroatoms. The molecule has 0 unspecified atom stereocenters. The molecular weight excluding hydrogens is 310 g/mol. The van der Waals surface area contributed by atoms with E-state index in [1.807, 2.05) is 48.5 Å².